The van der Waals surface area contributed by atoms with Crippen molar-refractivity contribution >= 4 is 28.0 Å². The first-order valence-corrected chi connectivity index (χ1v) is 9.39. The minimum absolute atomic E-state index is 0.0429. The molecule has 2 aromatic rings. The number of furan rings is 1. The van der Waals surface area contributed by atoms with Crippen LogP contribution in [0.1, 0.15) is 18.2 Å². The molecule has 1 N–H and O–H groups in total. The maximum atomic E-state index is 12.2. The van der Waals surface area contributed by atoms with E-state index in [2.05, 4.69) is 9.46 Å². The monoisotopic (exact) mass is 393 g/mol. The minimum atomic E-state index is -3.69. The first kappa shape index (κ1) is 20.4. The second-order valence-corrected chi connectivity index (χ2v) is 7.18. The zero-order chi connectivity index (χ0) is 19.9. The first-order valence-electron chi connectivity index (χ1n) is 7.90. The van der Waals surface area contributed by atoms with Crippen LogP contribution in [0.5, 0.6) is 0 Å². The standard InChI is InChI=1S/C18H19NO7S/c1-13(18(21)24-2)26-17(20)10-7-14-5-8-16(9-6-14)27(22,23)19-12-15-4-3-11-25-15/h3-11,13,19H,12H2,1-2H3/b10-7+. The van der Waals surface area contributed by atoms with Gasteiger partial charge in [0.2, 0.25) is 10.0 Å². The molecule has 0 aliphatic carbocycles. The van der Waals surface area contributed by atoms with E-state index in [0.717, 1.165) is 6.08 Å². The van der Waals surface area contributed by atoms with Gasteiger partial charge in [0.05, 0.1) is 24.8 Å². The van der Waals surface area contributed by atoms with E-state index in [4.69, 9.17) is 9.15 Å². The molecule has 0 saturated carbocycles. The molecule has 1 unspecified atom stereocenters. The molecule has 0 bridgehead atoms. The molecule has 0 amide bonds. The molecule has 0 fully saturated rings. The number of benzene rings is 1. The Balaban J connectivity index is 1.95. The second kappa shape index (κ2) is 9.15. The number of nitrogens with one attached hydrogen (secondary N) is 1. The van der Waals surface area contributed by atoms with Gasteiger partial charge in [-0.05, 0) is 42.8 Å². The Labute approximate surface area is 156 Å². The smallest absolute Gasteiger partial charge is 0.346 e. The quantitative estimate of drug-likeness (QED) is 0.538. The van der Waals surface area contributed by atoms with Gasteiger partial charge in [-0.3, -0.25) is 0 Å². The van der Waals surface area contributed by atoms with Crippen molar-refractivity contribution in [2.45, 2.75) is 24.5 Å². The normalized spacial score (nSPS) is 12.7. The molecule has 27 heavy (non-hydrogen) atoms. The number of esters is 2. The number of methoxy groups -OCH3 is 1. The third-order valence-corrected chi connectivity index (χ3v) is 4.86. The molecule has 1 aromatic heterocycles. The summed E-state index contributed by atoms with van der Waals surface area (Å²) in [5.74, 6) is -0.879. The second-order valence-electron chi connectivity index (χ2n) is 5.41. The van der Waals surface area contributed by atoms with Gasteiger partial charge in [-0.2, -0.15) is 0 Å². The van der Waals surface area contributed by atoms with Crippen molar-refractivity contribution in [3.05, 3.63) is 60.1 Å². The van der Waals surface area contributed by atoms with Crippen LogP contribution < -0.4 is 4.72 Å². The number of sulfonamides is 1. The fraction of sp³-hybridized carbons (Fsp3) is 0.222. The fourth-order valence-electron chi connectivity index (χ4n) is 2.01. The summed E-state index contributed by atoms with van der Waals surface area (Å²) in [6.45, 7) is 1.44. The molecule has 0 radical (unpaired) electrons. The Morgan fingerprint density at radius 3 is 2.52 bits per heavy atom. The van der Waals surface area contributed by atoms with Gasteiger partial charge in [0.25, 0.3) is 0 Å². The Hall–Kier alpha value is -2.91. The lowest BCUT2D eigenvalue weighted by Crippen LogP contribution is -2.24. The van der Waals surface area contributed by atoms with Crippen molar-refractivity contribution in [3.63, 3.8) is 0 Å². The number of rotatable bonds is 8. The van der Waals surface area contributed by atoms with Crippen LogP contribution in [-0.2, 0) is 35.6 Å². The maximum Gasteiger partial charge on any atom is 0.346 e. The van der Waals surface area contributed by atoms with Gasteiger partial charge in [0, 0.05) is 6.08 Å². The van der Waals surface area contributed by atoms with Crippen molar-refractivity contribution in [2.75, 3.05) is 7.11 Å². The van der Waals surface area contributed by atoms with Crippen molar-refractivity contribution in [1.29, 1.82) is 0 Å². The average molecular weight is 393 g/mol. The van der Waals surface area contributed by atoms with Crippen molar-refractivity contribution < 1.29 is 31.9 Å². The van der Waals surface area contributed by atoms with Crippen LogP contribution in [0.4, 0.5) is 0 Å². The summed E-state index contributed by atoms with van der Waals surface area (Å²) in [4.78, 5) is 22.9. The Bertz CT molecular complexity index is 900. The van der Waals surface area contributed by atoms with E-state index in [1.165, 1.54) is 50.6 Å². The summed E-state index contributed by atoms with van der Waals surface area (Å²) < 4.78 is 41.3. The van der Waals surface area contributed by atoms with Crippen molar-refractivity contribution in [2.24, 2.45) is 0 Å². The number of carbonyl (C=O) groups is 2. The van der Waals surface area contributed by atoms with E-state index in [1.54, 1.807) is 12.1 Å². The van der Waals surface area contributed by atoms with Crippen LogP contribution in [-0.4, -0.2) is 33.6 Å². The summed E-state index contributed by atoms with van der Waals surface area (Å²) in [5, 5.41) is 0. The first-order chi connectivity index (χ1) is 12.8. The highest BCUT2D eigenvalue weighted by molar-refractivity contribution is 7.89. The third-order valence-electron chi connectivity index (χ3n) is 3.44. The molecule has 1 heterocycles. The molecule has 0 aliphatic heterocycles. The number of ether oxygens (including phenoxy) is 2. The fourth-order valence-corrected chi connectivity index (χ4v) is 3.01. The van der Waals surface area contributed by atoms with Crippen LogP contribution in [0.15, 0.2) is 58.1 Å². The average Bonchev–Trinajstić information content (AvgIpc) is 3.18. The van der Waals surface area contributed by atoms with Gasteiger partial charge in [-0.1, -0.05) is 12.1 Å². The molecule has 9 heteroatoms. The zero-order valence-corrected chi connectivity index (χ0v) is 15.6. The minimum Gasteiger partial charge on any atom is -0.468 e. The van der Waals surface area contributed by atoms with E-state index < -0.39 is 28.1 Å². The van der Waals surface area contributed by atoms with Gasteiger partial charge in [-0.15, -0.1) is 0 Å². The van der Waals surface area contributed by atoms with Crippen LogP contribution in [0.25, 0.3) is 6.08 Å². The molecule has 1 aromatic carbocycles. The molecular formula is C18H19NO7S. The number of carbonyl (C=O) groups excluding carboxylic acids is 2. The highest BCUT2D eigenvalue weighted by Gasteiger charge is 2.16. The highest BCUT2D eigenvalue weighted by Crippen LogP contribution is 2.13. The van der Waals surface area contributed by atoms with Gasteiger partial charge in [0.15, 0.2) is 6.10 Å². The lowest BCUT2D eigenvalue weighted by atomic mass is 10.2. The Kier molecular flexibility index (Phi) is 6.91. The molecule has 0 spiro atoms. The summed E-state index contributed by atoms with van der Waals surface area (Å²) in [5.41, 5.74) is 0.586. The highest BCUT2D eigenvalue weighted by atomic mass is 32.2. The van der Waals surface area contributed by atoms with E-state index in [1.807, 2.05) is 0 Å². The summed E-state index contributed by atoms with van der Waals surface area (Å²) in [6.07, 6.45) is 3.03. The van der Waals surface area contributed by atoms with Crippen molar-refractivity contribution in [1.82, 2.24) is 4.72 Å². The molecule has 144 valence electrons. The van der Waals surface area contributed by atoms with Crippen LogP contribution in [0, 0.1) is 0 Å². The van der Waals surface area contributed by atoms with E-state index in [-0.39, 0.29) is 11.4 Å². The predicted molar refractivity (Wildman–Crippen MR) is 95.8 cm³/mol. The summed E-state index contributed by atoms with van der Waals surface area (Å²) >= 11 is 0. The summed E-state index contributed by atoms with van der Waals surface area (Å²) in [7, 11) is -2.49. The lowest BCUT2D eigenvalue weighted by Gasteiger charge is -2.08. The third kappa shape index (κ3) is 6.08. The maximum absolute atomic E-state index is 12.2. The predicted octanol–water partition coefficient (Wildman–Crippen LogP) is 1.88. The molecular weight excluding hydrogens is 374 g/mol. The number of hydrogen-bond acceptors (Lipinski definition) is 7. The van der Waals surface area contributed by atoms with Crippen LogP contribution in [0.3, 0.4) is 0 Å². The van der Waals surface area contributed by atoms with Gasteiger partial charge < -0.3 is 13.9 Å². The SMILES string of the molecule is COC(=O)C(C)OC(=O)/C=C/c1ccc(S(=O)(=O)NCc2ccco2)cc1. The number of hydrogen-bond donors (Lipinski definition) is 1. The van der Waals surface area contributed by atoms with Crippen LogP contribution >= 0.6 is 0 Å². The molecule has 2 rings (SSSR count). The van der Waals surface area contributed by atoms with Crippen LogP contribution in [0.2, 0.25) is 0 Å². The lowest BCUT2D eigenvalue weighted by molar-refractivity contribution is -0.161. The molecule has 0 saturated heterocycles. The molecule has 0 aliphatic rings. The van der Waals surface area contributed by atoms with Gasteiger partial charge in [-0.25, -0.2) is 22.7 Å². The zero-order valence-electron chi connectivity index (χ0n) is 14.7. The summed E-state index contributed by atoms with van der Waals surface area (Å²) in [6, 6.07) is 9.22. The Morgan fingerprint density at radius 1 is 1.22 bits per heavy atom. The largest absolute Gasteiger partial charge is 0.468 e. The Morgan fingerprint density at radius 2 is 1.93 bits per heavy atom. The van der Waals surface area contributed by atoms with E-state index >= 15 is 0 Å². The van der Waals surface area contributed by atoms with E-state index in [9.17, 15) is 18.0 Å². The van der Waals surface area contributed by atoms with Crippen molar-refractivity contribution in [3.8, 4) is 0 Å². The van der Waals surface area contributed by atoms with Gasteiger partial charge in [0.1, 0.15) is 5.76 Å². The van der Waals surface area contributed by atoms with E-state index in [0.29, 0.717) is 11.3 Å². The molecule has 8 nitrogen and oxygen atoms in total. The molecule has 1 atom stereocenters. The topological polar surface area (TPSA) is 112 Å². The van der Waals surface area contributed by atoms with Gasteiger partial charge >= 0.3 is 11.9 Å².